The highest BCUT2D eigenvalue weighted by atomic mass is 32.1. The fraction of sp³-hybridized carbons (Fsp3) is 0.280. The molecule has 1 saturated heterocycles. The predicted molar refractivity (Wildman–Crippen MR) is 128 cm³/mol. The molecule has 0 atom stereocenters. The van der Waals surface area contributed by atoms with E-state index in [9.17, 15) is 0 Å². The summed E-state index contributed by atoms with van der Waals surface area (Å²) in [6.07, 6.45) is 5.68. The van der Waals surface area contributed by atoms with Gasteiger partial charge in [0.05, 0.1) is 17.8 Å². The lowest BCUT2D eigenvalue weighted by atomic mass is 9.97. The SMILES string of the molecule is COc1ccccc1-c1csc(C2CCN(c3cc(C)nc(-c4ccncc4)n3)CC2)n1. The highest BCUT2D eigenvalue weighted by Gasteiger charge is 2.25. The Morgan fingerprint density at radius 1 is 1.00 bits per heavy atom. The number of rotatable bonds is 5. The minimum Gasteiger partial charge on any atom is -0.496 e. The third-order valence-electron chi connectivity index (χ3n) is 5.85. The summed E-state index contributed by atoms with van der Waals surface area (Å²) in [6.45, 7) is 3.94. The number of nitrogens with zero attached hydrogens (tertiary/aromatic N) is 5. The van der Waals surface area contributed by atoms with Crippen LogP contribution in [0.15, 0.2) is 60.2 Å². The minimum absolute atomic E-state index is 0.474. The number of para-hydroxylation sites is 1. The Bertz CT molecular complexity index is 1200. The first kappa shape index (κ1) is 20.6. The van der Waals surface area contributed by atoms with Gasteiger partial charge in [-0.3, -0.25) is 4.98 Å². The Balaban J connectivity index is 1.30. The molecule has 0 spiro atoms. The van der Waals surface area contributed by atoms with E-state index in [0.29, 0.717) is 5.92 Å². The van der Waals surface area contributed by atoms with Gasteiger partial charge in [0, 0.05) is 59.7 Å². The zero-order valence-electron chi connectivity index (χ0n) is 18.2. The monoisotopic (exact) mass is 443 g/mol. The molecule has 5 rings (SSSR count). The van der Waals surface area contributed by atoms with Crippen molar-refractivity contribution < 1.29 is 4.74 Å². The standard InChI is InChI=1S/C25H25N5OS/c1-17-15-23(29-24(27-17)18-7-11-26-12-8-18)30-13-9-19(10-14-30)25-28-21(16-32-25)20-5-3-4-6-22(20)31-2/h3-8,11-12,15-16,19H,9-10,13-14H2,1-2H3. The topological polar surface area (TPSA) is 64.0 Å². The molecule has 0 amide bonds. The Labute approximate surface area is 192 Å². The van der Waals surface area contributed by atoms with Crippen LogP contribution < -0.4 is 9.64 Å². The average molecular weight is 444 g/mol. The zero-order chi connectivity index (χ0) is 21.9. The highest BCUT2D eigenvalue weighted by molar-refractivity contribution is 7.10. The number of ether oxygens (including phenoxy) is 1. The van der Waals surface area contributed by atoms with Crippen molar-refractivity contribution in [1.29, 1.82) is 0 Å². The van der Waals surface area contributed by atoms with Crippen LogP contribution in [0.25, 0.3) is 22.6 Å². The second kappa shape index (κ2) is 9.04. The molecule has 3 aromatic heterocycles. The molecule has 0 saturated carbocycles. The summed E-state index contributed by atoms with van der Waals surface area (Å²) in [5, 5.41) is 3.36. The molecule has 1 aliphatic rings. The van der Waals surface area contributed by atoms with Crippen molar-refractivity contribution in [2.75, 3.05) is 25.1 Å². The molecule has 7 heteroatoms. The first-order valence-electron chi connectivity index (χ1n) is 10.8. The van der Waals surface area contributed by atoms with Crippen LogP contribution in [0.4, 0.5) is 5.82 Å². The predicted octanol–water partition coefficient (Wildman–Crippen LogP) is 5.36. The van der Waals surface area contributed by atoms with E-state index >= 15 is 0 Å². The van der Waals surface area contributed by atoms with Crippen molar-refractivity contribution in [3.05, 3.63) is 70.9 Å². The molecule has 0 unspecified atom stereocenters. The number of piperidine rings is 1. The molecule has 0 radical (unpaired) electrons. The van der Waals surface area contributed by atoms with Gasteiger partial charge in [-0.2, -0.15) is 0 Å². The molecule has 162 valence electrons. The van der Waals surface area contributed by atoms with Crippen LogP contribution in [0.1, 0.15) is 29.5 Å². The number of methoxy groups -OCH3 is 1. The van der Waals surface area contributed by atoms with Gasteiger partial charge in [-0.15, -0.1) is 11.3 Å². The van der Waals surface area contributed by atoms with Crippen molar-refractivity contribution in [2.24, 2.45) is 0 Å². The van der Waals surface area contributed by atoms with E-state index in [-0.39, 0.29) is 0 Å². The molecule has 1 fully saturated rings. The van der Waals surface area contributed by atoms with Gasteiger partial charge in [0.1, 0.15) is 11.6 Å². The maximum atomic E-state index is 5.51. The summed E-state index contributed by atoms with van der Waals surface area (Å²) >= 11 is 1.75. The number of hydrogen-bond acceptors (Lipinski definition) is 7. The van der Waals surface area contributed by atoms with E-state index in [1.165, 1.54) is 5.01 Å². The Morgan fingerprint density at radius 3 is 2.56 bits per heavy atom. The second-order valence-electron chi connectivity index (χ2n) is 7.96. The van der Waals surface area contributed by atoms with Gasteiger partial charge in [0.25, 0.3) is 0 Å². The fourth-order valence-electron chi connectivity index (χ4n) is 4.15. The second-order valence-corrected chi connectivity index (χ2v) is 8.85. The highest BCUT2D eigenvalue weighted by Crippen LogP contribution is 2.36. The summed E-state index contributed by atoms with van der Waals surface area (Å²) < 4.78 is 5.51. The van der Waals surface area contributed by atoms with Gasteiger partial charge in [-0.05, 0) is 44.0 Å². The molecule has 32 heavy (non-hydrogen) atoms. The molecule has 6 nitrogen and oxygen atoms in total. The average Bonchev–Trinajstić information content (AvgIpc) is 3.34. The molecule has 1 aromatic carbocycles. The molecule has 0 bridgehead atoms. The molecule has 0 aliphatic carbocycles. The van der Waals surface area contributed by atoms with Crippen molar-refractivity contribution in [3.8, 4) is 28.4 Å². The lowest BCUT2D eigenvalue weighted by Gasteiger charge is -2.32. The van der Waals surface area contributed by atoms with Gasteiger partial charge >= 0.3 is 0 Å². The van der Waals surface area contributed by atoms with E-state index in [4.69, 9.17) is 14.7 Å². The number of aromatic nitrogens is 4. The number of benzene rings is 1. The smallest absolute Gasteiger partial charge is 0.161 e. The molecule has 1 aliphatic heterocycles. The third kappa shape index (κ3) is 4.21. The van der Waals surface area contributed by atoms with Crippen LogP contribution in [0.2, 0.25) is 0 Å². The van der Waals surface area contributed by atoms with E-state index in [1.54, 1.807) is 30.8 Å². The number of pyridine rings is 1. The van der Waals surface area contributed by atoms with E-state index < -0.39 is 0 Å². The summed E-state index contributed by atoms with van der Waals surface area (Å²) in [6, 6.07) is 14.0. The Hall–Kier alpha value is -3.32. The zero-order valence-corrected chi connectivity index (χ0v) is 19.0. The Morgan fingerprint density at radius 2 is 1.78 bits per heavy atom. The van der Waals surface area contributed by atoms with Gasteiger partial charge in [-0.1, -0.05) is 12.1 Å². The molecule has 4 aromatic rings. The number of thiazole rings is 1. The summed E-state index contributed by atoms with van der Waals surface area (Å²) in [7, 11) is 1.71. The van der Waals surface area contributed by atoms with Crippen molar-refractivity contribution in [2.45, 2.75) is 25.7 Å². The normalized spacial score (nSPS) is 14.5. The van der Waals surface area contributed by atoms with Crippen molar-refractivity contribution >= 4 is 17.2 Å². The quantitative estimate of drug-likeness (QED) is 0.414. The molecular formula is C25H25N5OS. The number of hydrogen-bond donors (Lipinski definition) is 0. The van der Waals surface area contributed by atoms with Gasteiger partial charge in [-0.25, -0.2) is 15.0 Å². The van der Waals surface area contributed by atoms with Crippen molar-refractivity contribution in [3.63, 3.8) is 0 Å². The lowest BCUT2D eigenvalue weighted by molar-refractivity contribution is 0.416. The first-order chi connectivity index (χ1) is 15.7. The molecular weight excluding hydrogens is 418 g/mol. The first-order valence-corrected chi connectivity index (χ1v) is 11.7. The molecule has 4 heterocycles. The van der Waals surface area contributed by atoms with E-state index in [0.717, 1.165) is 65.8 Å². The van der Waals surface area contributed by atoms with Crippen molar-refractivity contribution in [1.82, 2.24) is 19.9 Å². The lowest BCUT2D eigenvalue weighted by Crippen LogP contribution is -2.33. The summed E-state index contributed by atoms with van der Waals surface area (Å²) in [4.78, 5) is 20.9. The number of aryl methyl sites for hydroxylation is 1. The molecule has 0 N–H and O–H groups in total. The van der Waals surface area contributed by atoms with Crippen LogP contribution in [0, 0.1) is 6.92 Å². The van der Waals surface area contributed by atoms with Gasteiger partial charge in [0.2, 0.25) is 0 Å². The maximum absolute atomic E-state index is 5.51. The van der Waals surface area contributed by atoms with Gasteiger partial charge in [0.15, 0.2) is 5.82 Å². The van der Waals surface area contributed by atoms with Crippen LogP contribution in [-0.4, -0.2) is 40.1 Å². The third-order valence-corrected chi connectivity index (χ3v) is 6.86. The van der Waals surface area contributed by atoms with Crippen LogP contribution in [-0.2, 0) is 0 Å². The Kier molecular flexibility index (Phi) is 5.81. The summed E-state index contributed by atoms with van der Waals surface area (Å²) in [5.41, 5.74) is 4.02. The van der Waals surface area contributed by atoms with Crippen LogP contribution >= 0.6 is 11.3 Å². The minimum atomic E-state index is 0.474. The fourth-order valence-corrected chi connectivity index (χ4v) is 5.15. The van der Waals surface area contributed by atoms with Crippen LogP contribution in [0.5, 0.6) is 5.75 Å². The van der Waals surface area contributed by atoms with Gasteiger partial charge < -0.3 is 9.64 Å². The number of anilines is 1. The van der Waals surface area contributed by atoms with E-state index in [1.807, 2.05) is 37.3 Å². The summed E-state index contributed by atoms with van der Waals surface area (Å²) in [5.74, 6) is 3.09. The largest absolute Gasteiger partial charge is 0.496 e. The maximum Gasteiger partial charge on any atom is 0.161 e. The van der Waals surface area contributed by atoms with Crippen LogP contribution in [0.3, 0.4) is 0 Å². The van der Waals surface area contributed by atoms with E-state index in [2.05, 4.69) is 32.4 Å².